The maximum Gasteiger partial charge on any atom is 0.303 e. The van der Waals surface area contributed by atoms with E-state index >= 15 is 0 Å². The smallest absolute Gasteiger partial charge is 0.303 e. The summed E-state index contributed by atoms with van der Waals surface area (Å²) in [6.45, 7) is 8.74. The van der Waals surface area contributed by atoms with E-state index in [2.05, 4.69) is 19.2 Å². The minimum atomic E-state index is -0.756. The number of hydrogen-bond acceptors (Lipinski definition) is 3. The molecule has 0 aliphatic carbocycles. The average Bonchev–Trinajstić information content (AvgIpc) is 2.71. The van der Waals surface area contributed by atoms with Crippen LogP contribution in [-0.2, 0) is 4.79 Å². The number of thiophene rings is 1. The second kappa shape index (κ2) is 8.17. The molecule has 0 saturated heterocycles. The Morgan fingerprint density at radius 2 is 1.95 bits per heavy atom. The van der Waals surface area contributed by atoms with Gasteiger partial charge in [0.1, 0.15) is 0 Å². The van der Waals surface area contributed by atoms with Crippen LogP contribution in [0.4, 0.5) is 0 Å². The highest BCUT2D eigenvalue weighted by molar-refractivity contribution is 7.12. The second-order valence-electron chi connectivity index (χ2n) is 5.81. The number of carbonyl (C=O) groups is 2. The first kappa shape index (κ1) is 17.7. The Balaban J connectivity index is 2.44. The molecular formula is C16H25NO3S. The first-order valence-corrected chi connectivity index (χ1v) is 8.20. The molecule has 4 nitrogen and oxygen atoms in total. The lowest BCUT2D eigenvalue weighted by Gasteiger charge is -2.20. The van der Waals surface area contributed by atoms with Crippen LogP contribution < -0.4 is 5.32 Å². The van der Waals surface area contributed by atoms with Gasteiger partial charge in [-0.15, -0.1) is 11.3 Å². The zero-order chi connectivity index (χ0) is 16.0. The summed E-state index contributed by atoms with van der Waals surface area (Å²) in [6.07, 6.45) is 1.68. The number of rotatable bonds is 8. The third-order valence-electron chi connectivity index (χ3n) is 3.76. The Hall–Kier alpha value is -1.36. The van der Waals surface area contributed by atoms with E-state index in [4.69, 9.17) is 5.11 Å². The van der Waals surface area contributed by atoms with E-state index in [0.29, 0.717) is 24.8 Å². The molecule has 1 heterocycles. The predicted octanol–water partition coefficient (Wildman–Crippen LogP) is 3.62. The molecular weight excluding hydrogens is 286 g/mol. The molecule has 0 saturated carbocycles. The molecule has 1 aromatic rings. The van der Waals surface area contributed by atoms with Gasteiger partial charge in [0.2, 0.25) is 0 Å². The summed E-state index contributed by atoms with van der Waals surface area (Å²) >= 11 is 1.63. The summed E-state index contributed by atoms with van der Waals surface area (Å²) in [7, 11) is 0. The maximum atomic E-state index is 12.1. The molecule has 21 heavy (non-hydrogen) atoms. The van der Waals surface area contributed by atoms with E-state index in [1.165, 1.54) is 0 Å². The molecule has 0 radical (unpaired) electrons. The van der Waals surface area contributed by atoms with Crippen LogP contribution in [0.2, 0.25) is 0 Å². The van der Waals surface area contributed by atoms with Gasteiger partial charge in [-0.2, -0.15) is 0 Å². The first-order valence-electron chi connectivity index (χ1n) is 7.38. The van der Waals surface area contributed by atoms with E-state index in [9.17, 15) is 9.59 Å². The van der Waals surface area contributed by atoms with Crippen molar-refractivity contribution in [2.24, 2.45) is 11.8 Å². The van der Waals surface area contributed by atoms with Crippen LogP contribution in [0, 0.1) is 25.7 Å². The van der Waals surface area contributed by atoms with Crippen LogP contribution in [0.25, 0.3) is 0 Å². The molecule has 1 aromatic heterocycles. The van der Waals surface area contributed by atoms with E-state index < -0.39 is 5.97 Å². The number of carboxylic acid groups (broad SMARTS) is 1. The van der Waals surface area contributed by atoms with Crippen molar-refractivity contribution in [2.75, 3.05) is 6.54 Å². The number of carboxylic acids is 1. The van der Waals surface area contributed by atoms with Crippen molar-refractivity contribution in [2.45, 2.75) is 47.0 Å². The quantitative estimate of drug-likeness (QED) is 0.770. The molecule has 1 amide bonds. The molecule has 2 N–H and O–H groups in total. The molecule has 0 aliphatic rings. The largest absolute Gasteiger partial charge is 0.481 e. The minimum Gasteiger partial charge on any atom is -0.481 e. The highest BCUT2D eigenvalue weighted by atomic mass is 32.1. The Bertz CT molecular complexity index is 494. The van der Waals surface area contributed by atoms with Crippen LogP contribution >= 0.6 is 11.3 Å². The van der Waals surface area contributed by atoms with E-state index in [-0.39, 0.29) is 12.3 Å². The van der Waals surface area contributed by atoms with Crippen molar-refractivity contribution in [3.05, 3.63) is 21.4 Å². The lowest BCUT2D eigenvalue weighted by molar-refractivity contribution is -0.137. The van der Waals surface area contributed by atoms with Crippen LogP contribution in [0.5, 0.6) is 0 Å². The van der Waals surface area contributed by atoms with Gasteiger partial charge in [-0.25, -0.2) is 0 Å². The third-order valence-corrected chi connectivity index (χ3v) is 4.72. The van der Waals surface area contributed by atoms with Crippen LogP contribution in [0.1, 0.15) is 53.2 Å². The number of nitrogens with one attached hydrogen (secondary N) is 1. The van der Waals surface area contributed by atoms with Gasteiger partial charge in [-0.05, 0) is 44.6 Å². The van der Waals surface area contributed by atoms with Crippen LogP contribution in [0.15, 0.2) is 6.07 Å². The molecule has 1 unspecified atom stereocenters. The van der Waals surface area contributed by atoms with Crippen molar-refractivity contribution in [1.82, 2.24) is 5.32 Å². The van der Waals surface area contributed by atoms with Gasteiger partial charge in [-0.3, -0.25) is 9.59 Å². The summed E-state index contributed by atoms with van der Waals surface area (Å²) in [5.74, 6) is -0.0373. The van der Waals surface area contributed by atoms with Gasteiger partial charge in [0.25, 0.3) is 5.91 Å². The number of amides is 1. The topological polar surface area (TPSA) is 66.4 Å². The van der Waals surface area contributed by atoms with E-state index in [0.717, 1.165) is 21.7 Å². The maximum absolute atomic E-state index is 12.1. The fourth-order valence-electron chi connectivity index (χ4n) is 2.44. The van der Waals surface area contributed by atoms with Gasteiger partial charge in [0.15, 0.2) is 0 Å². The lowest BCUT2D eigenvalue weighted by Crippen LogP contribution is -2.27. The fraction of sp³-hybridized carbons (Fsp3) is 0.625. The average molecular weight is 311 g/mol. The summed E-state index contributed by atoms with van der Waals surface area (Å²) in [6, 6.07) is 1.92. The molecule has 5 heteroatoms. The van der Waals surface area contributed by atoms with Gasteiger partial charge in [-0.1, -0.05) is 13.8 Å². The van der Waals surface area contributed by atoms with Crippen LogP contribution in [0.3, 0.4) is 0 Å². The zero-order valence-corrected chi connectivity index (χ0v) is 14.0. The molecule has 0 fully saturated rings. The van der Waals surface area contributed by atoms with Crippen molar-refractivity contribution in [1.29, 1.82) is 0 Å². The predicted molar refractivity (Wildman–Crippen MR) is 85.9 cm³/mol. The van der Waals surface area contributed by atoms with Crippen molar-refractivity contribution in [3.8, 4) is 0 Å². The van der Waals surface area contributed by atoms with E-state index in [1.807, 2.05) is 19.9 Å². The Kier molecular flexibility index (Phi) is 6.89. The standard InChI is InChI=1S/C16H25NO3S/c1-10(2)13(5-6-15(18)19)7-8-17-16(20)14-9-11(3)21-12(14)4/h9-10,13H,5-8H2,1-4H3,(H,17,20)(H,18,19). The third kappa shape index (κ3) is 5.87. The zero-order valence-electron chi connectivity index (χ0n) is 13.2. The first-order chi connectivity index (χ1) is 9.81. The summed E-state index contributed by atoms with van der Waals surface area (Å²) in [4.78, 5) is 24.9. The molecule has 1 atom stereocenters. The summed E-state index contributed by atoms with van der Waals surface area (Å²) in [5.41, 5.74) is 0.754. The lowest BCUT2D eigenvalue weighted by atomic mass is 9.88. The molecule has 0 bridgehead atoms. The highest BCUT2D eigenvalue weighted by Gasteiger charge is 2.16. The molecule has 1 rings (SSSR count). The fourth-order valence-corrected chi connectivity index (χ4v) is 3.36. The number of carbonyl (C=O) groups excluding carboxylic acids is 1. The Morgan fingerprint density at radius 3 is 2.43 bits per heavy atom. The molecule has 0 spiro atoms. The normalized spacial score (nSPS) is 12.4. The highest BCUT2D eigenvalue weighted by Crippen LogP contribution is 2.22. The Labute approximate surface area is 130 Å². The van der Waals surface area contributed by atoms with Gasteiger partial charge in [0.05, 0.1) is 5.56 Å². The van der Waals surface area contributed by atoms with Crippen LogP contribution in [-0.4, -0.2) is 23.5 Å². The van der Waals surface area contributed by atoms with Gasteiger partial charge in [0, 0.05) is 22.7 Å². The van der Waals surface area contributed by atoms with Crippen molar-refractivity contribution < 1.29 is 14.7 Å². The number of hydrogen-bond donors (Lipinski definition) is 2. The van der Waals surface area contributed by atoms with E-state index in [1.54, 1.807) is 11.3 Å². The van der Waals surface area contributed by atoms with Gasteiger partial charge >= 0.3 is 5.97 Å². The Morgan fingerprint density at radius 1 is 1.29 bits per heavy atom. The number of aryl methyl sites for hydroxylation is 2. The van der Waals surface area contributed by atoms with Crippen molar-refractivity contribution >= 4 is 23.2 Å². The molecule has 0 aromatic carbocycles. The minimum absolute atomic E-state index is 0.0300. The SMILES string of the molecule is Cc1cc(C(=O)NCCC(CCC(=O)O)C(C)C)c(C)s1. The number of aliphatic carboxylic acids is 1. The summed E-state index contributed by atoms with van der Waals surface area (Å²) < 4.78 is 0. The molecule has 0 aliphatic heterocycles. The monoisotopic (exact) mass is 311 g/mol. The molecule has 118 valence electrons. The summed E-state index contributed by atoms with van der Waals surface area (Å²) in [5, 5.41) is 11.7. The second-order valence-corrected chi connectivity index (χ2v) is 7.27. The van der Waals surface area contributed by atoms with Gasteiger partial charge < -0.3 is 10.4 Å². The van der Waals surface area contributed by atoms with Crippen molar-refractivity contribution in [3.63, 3.8) is 0 Å².